The number of hydrogen-bond donors (Lipinski definition) is 2. The van der Waals surface area contributed by atoms with Crippen molar-refractivity contribution in [3.63, 3.8) is 0 Å². The maximum absolute atomic E-state index is 15.0. The molecule has 0 bridgehead atoms. The zero-order chi connectivity index (χ0) is 40.3. The van der Waals surface area contributed by atoms with E-state index in [9.17, 15) is 18.4 Å². The predicted octanol–water partition coefficient (Wildman–Crippen LogP) is 8.09. The Hall–Kier alpha value is -5.12. The molecule has 1 spiro atoms. The molecule has 4 aromatic rings. The fourth-order valence-corrected chi connectivity index (χ4v) is 7.61. The molecule has 2 aliphatic carbocycles. The van der Waals surface area contributed by atoms with E-state index >= 15 is 0 Å². The van der Waals surface area contributed by atoms with E-state index in [-0.39, 0.29) is 53.6 Å². The van der Waals surface area contributed by atoms with Crippen LogP contribution in [0.15, 0.2) is 78.5 Å². The molecule has 300 valence electrons. The molecule has 57 heavy (non-hydrogen) atoms. The van der Waals surface area contributed by atoms with Gasteiger partial charge in [-0.25, -0.2) is 23.4 Å². The SMILES string of the molecule is COc1nccc(CN(C(=O)C2=C(c3ccc(CCCOc4c(F)ccc(F)c4Cl)cc3)C3(CC3)CN(C(=O)Oc3cccc(CON(O)O)c3)C2)C2CC2)c1C. The molecule has 3 aromatic carbocycles. The molecule has 2 amide bonds. The zero-order valence-corrected chi connectivity index (χ0v) is 32.3. The van der Waals surface area contributed by atoms with Crippen LogP contribution in [0.3, 0.4) is 0 Å². The highest BCUT2D eigenvalue weighted by Gasteiger charge is 2.54. The molecular formula is C42H43ClF2N4O8. The van der Waals surface area contributed by atoms with Crippen molar-refractivity contribution in [3.8, 4) is 17.4 Å². The van der Waals surface area contributed by atoms with Crippen molar-refractivity contribution in [1.29, 1.82) is 0 Å². The van der Waals surface area contributed by atoms with Crippen LogP contribution in [0, 0.1) is 24.0 Å². The Bertz CT molecular complexity index is 2160. The number of amides is 2. The maximum atomic E-state index is 15.0. The summed E-state index contributed by atoms with van der Waals surface area (Å²) in [4.78, 5) is 41.4. The minimum atomic E-state index is -0.753. The van der Waals surface area contributed by atoms with Crippen LogP contribution in [0.2, 0.25) is 5.02 Å². The molecule has 12 nitrogen and oxygen atoms in total. The second kappa shape index (κ2) is 17.2. The Morgan fingerprint density at radius 3 is 2.47 bits per heavy atom. The highest BCUT2D eigenvalue weighted by Crippen LogP contribution is 2.59. The van der Waals surface area contributed by atoms with Crippen molar-refractivity contribution in [2.45, 2.75) is 64.6 Å². The van der Waals surface area contributed by atoms with Gasteiger partial charge in [0.2, 0.25) is 5.88 Å². The molecule has 0 radical (unpaired) electrons. The van der Waals surface area contributed by atoms with Gasteiger partial charge in [0.25, 0.3) is 5.91 Å². The molecule has 0 unspecified atom stereocenters. The van der Waals surface area contributed by atoms with E-state index in [2.05, 4.69) is 4.98 Å². The molecule has 3 aliphatic rings. The van der Waals surface area contributed by atoms with Crippen LogP contribution in [-0.4, -0.2) is 75.4 Å². The number of methoxy groups -OCH3 is 1. The summed E-state index contributed by atoms with van der Waals surface area (Å²) in [5.41, 5.74) is 5.19. The Morgan fingerprint density at radius 2 is 1.77 bits per heavy atom. The van der Waals surface area contributed by atoms with Crippen molar-refractivity contribution in [2.75, 3.05) is 26.8 Å². The molecule has 15 heteroatoms. The maximum Gasteiger partial charge on any atom is 0.415 e. The predicted molar refractivity (Wildman–Crippen MR) is 204 cm³/mol. The molecule has 0 saturated heterocycles. The summed E-state index contributed by atoms with van der Waals surface area (Å²) in [7, 11) is 1.57. The minimum Gasteiger partial charge on any atom is -0.489 e. The first kappa shape index (κ1) is 40.1. The minimum absolute atomic E-state index is 0.0295. The Kier molecular flexibility index (Phi) is 12.1. The van der Waals surface area contributed by atoms with Gasteiger partial charge in [-0.1, -0.05) is 48.0 Å². The second-order valence-corrected chi connectivity index (χ2v) is 15.0. The van der Waals surface area contributed by atoms with Gasteiger partial charge in [0.15, 0.2) is 11.6 Å². The van der Waals surface area contributed by atoms with Crippen molar-refractivity contribution in [1.82, 2.24) is 20.2 Å². The summed E-state index contributed by atoms with van der Waals surface area (Å²) < 4.78 is 44.8. The first-order chi connectivity index (χ1) is 27.5. The summed E-state index contributed by atoms with van der Waals surface area (Å²) in [5.74, 6) is -1.20. The molecular weight excluding hydrogens is 762 g/mol. The molecule has 0 atom stereocenters. The van der Waals surface area contributed by atoms with Crippen LogP contribution in [-0.2, 0) is 29.2 Å². The average Bonchev–Trinajstić information content (AvgIpc) is 4.16. The molecule has 1 aromatic heterocycles. The standard InChI is InChI=1S/C42H43ClF2N4O8/c1-26-30(16-19-46-39(26)54-2)22-48(31-12-13-31)40(50)33-23-47(41(51)57-32-7-3-5-28(21-32)24-56-49(52)53)25-42(17-18-42)36(33)29-10-8-27(9-11-29)6-4-20-55-38-35(45)15-14-34(44)37(38)43/h3,5,7-11,14-16,19,21,31,52-53H,4,6,12-13,17-18,20,22-25H2,1-2H3. The quantitative estimate of drug-likeness (QED) is 0.0690. The lowest BCUT2D eigenvalue weighted by Gasteiger charge is -2.38. The van der Waals surface area contributed by atoms with Crippen LogP contribution in [0.5, 0.6) is 17.4 Å². The molecule has 7 rings (SSSR count). The Morgan fingerprint density at radius 1 is 1.02 bits per heavy atom. The Balaban J connectivity index is 1.15. The Labute approximate surface area is 333 Å². The van der Waals surface area contributed by atoms with Crippen molar-refractivity contribution in [2.24, 2.45) is 5.41 Å². The smallest absolute Gasteiger partial charge is 0.415 e. The number of carbonyl (C=O) groups excluding carboxylic acids is 2. The summed E-state index contributed by atoms with van der Waals surface area (Å²) in [5, 5.41) is 17.1. The van der Waals surface area contributed by atoms with Crippen LogP contribution in [0.1, 0.15) is 59.9 Å². The van der Waals surface area contributed by atoms with Crippen molar-refractivity contribution >= 4 is 29.2 Å². The fraction of sp³-hybridized carbons (Fsp3) is 0.357. The van der Waals surface area contributed by atoms with Gasteiger partial charge in [0, 0.05) is 41.9 Å². The van der Waals surface area contributed by atoms with Gasteiger partial charge in [-0.2, -0.15) is 0 Å². The normalized spacial score (nSPS) is 15.9. The van der Waals surface area contributed by atoms with E-state index in [1.807, 2.05) is 42.2 Å². The van der Waals surface area contributed by atoms with E-state index in [1.54, 1.807) is 42.5 Å². The number of aryl methyl sites for hydroxylation is 1. The van der Waals surface area contributed by atoms with Gasteiger partial charge < -0.3 is 24.0 Å². The van der Waals surface area contributed by atoms with Crippen LogP contribution < -0.4 is 14.2 Å². The zero-order valence-electron chi connectivity index (χ0n) is 31.6. The van der Waals surface area contributed by atoms with Crippen molar-refractivity contribution < 1.29 is 47.8 Å². The second-order valence-electron chi connectivity index (χ2n) is 14.6. The van der Waals surface area contributed by atoms with E-state index < -0.39 is 23.1 Å². The van der Waals surface area contributed by atoms with Crippen LogP contribution >= 0.6 is 11.6 Å². The fourth-order valence-electron chi connectivity index (χ4n) is 7.40. The monoisotopic (exact) mass is 804 g/mol. The van der Waals surface area contributed by atoms with E-state index in [1.165, 1.54) is 0 Å². The van der Waals surface area contributed by atoms with E-state index in [0.717, 1.165) is 65.6 Å². The number of carbonyl (C=O) groups is 2. The van der Waals surface area contributed by atoms with Gasteiger partial charge in [0.05, 0.1) is 32.3 Å². The number of aromatic nitrogens is 1. The number of ether oxygens (including phenoxy) is 3. The number of halogens is 3. The molecule has 2 saturated carbocycles. The molecule has 2 heterocycles. The van der Waals surface area contributed by atoms with Gasteiger partial charge in [0.1, 0.15) is 16.6 Å². The third-order valence-electron chi connectivity index (χ3n) is 10.6. The molecule has 1 aliphatic heterocycles. The lowest BCUT2D eigenvalue weighted by molar-refractivity contribution is -0.497. The summed E-state index contributed by atoms with van der Waals surface area (Å²) in [6.07, 6.45) is 5.46. The average molecular weight is 805 g/mol. The lowest BCUT2D eigenvalue weighted by atomic mass is 9.81. The van der Waals surface area contributed by atoms with Crippen LogP contribution in [0.25, 0.3) is 5.57 Å². The summed E-state index contributed by atoms with van der Waals surface area (Å²) in [6.45, 7) is 2.61. The first-order valence-corrected chi connectivity index (χ1v) is 19.1. The third-order valence-corrected chi connectivity index (χ3v) is 11.0. The van der Waals surface area contributed by atoms with Crippen molar-refractivity contribution in [3.05, 3.63) is 123 Å². The van der Waals surface area contributed by atoms with Gasteiger partial charge in [-0.05, 0) is 104 Å². The summed E-state index contributed by atoms with van der Waals surface area (Å²) in [6, 6.07) is 18.4. The molecule has 2 N–H and O–H groups in total. The van der Waals surface area contributed by atoms with Gasteiger partial charge >= 0.3 is 6.09 Å². The molecule has 2 fully saturated rings. The topological polar surface area (TPSA) is 134 Å². The highest BCUT2D eigenvalue weighted by molar-refractivity contribution is 6.32. The van der Waals surface area contributed by atoms with Gasteiger partial charge in [-0.3, -0.25) is 15.2 Å². The number of benzene rings is 3. The largest absolute Gasteiger partial charge is 0.489 e. The number of hydrogen-bond acceptors (Lipinski definition) is 10. The van der Waals surface area contributed by atoms with Gasteiger partial charge in [-0.15, -0.1) is 0 Å². The number of nitrogens with zero attached hydrogens (tertiary/aromatic N) is 4. The number of pyridine rings is 1. The highest BCUT2D eigenvalue weighted by atomic mass is 35.5. The summed E-state index contributed by atoms with van der Waals surface area (Å²) >= 11 is 5.91. The first-order valence-electron chi connectivity index (χ1n) is 18.7. The van der Waals surface area contributed by atoms with Crippen LogP contribution in [0.4, 0.5) is 13.6 Å². The third kappa shape index (κ3) is 9.21. The van der Waals surface area contributed by atoms with E-state index in [0.29, 0.717) is 42.9 Å². The number of rotatable bonds is 15. The lowest BCUT2D eigenvalue weighted by Crippen LogP contribution is -2.47. The van der Waals surface area contributed by atoms with E-state index in [4.69, 9.17) is 41.1 Å².